The highest BCUT2D eigenvalue weighted by Gasteiger charge is 2.30. The summed E-state index contributed by atoms with van der Waals surface area (Å²) in [4.78, 5) is 29.1. The molecule has 1 atom stereocenters. The van der Waals surface area contributed by atoms with Gasteiger partial charge in [-0.1, -0.05) is 85.6 Å². The normalized spacial score (nSPS) is 12.1. The molecule has 3 aromatic rings. The van der Waals surface area contributed by atoms with E-state index in [1.54, 1.807) is 29.2 Å². The van der Waals surface area contributed by atoms with E-state index < -0.39 is 16.1 Å². The molecular formula is C32H40ClN3O4S. The van der Waals surface area contributed by atoms with E-state index in [0.29, 0.717) is 23.7 Å². The maximum absolute atomic E-state index is 13.9. The standard InChI is InChI=1S/C32H40ClN3O4S/c1-24(2)22-34-32(38)30(21-26-9-6-5-7-10-26)35(23-27-14-12-25(3)13-15-27)31(37)11-8-20-36(41(4,39)40)29-18-16-28(33)17-19-29/h5-7,9-10,12-19,24,30H,8,11,20-23H2,1-4H3,(H,34,38). The highest BCUT2D eigenvalue weighted by molar-refractivity contribution is 7.92. The zero-order valence-electron chi connectivity index (χ0n) is 24.2. The van der Waals surface area contributed by atoms with Crippen LogP contribution in [-0.2, 0) is 32.6 Å². The molecule has 0 aliphatic carbocycles. The molecule has 0 radical (unpaired) electrons. The van der Waals surface area contributed by atoms with E-state index in [1.807, 2.05) is 75.4 Å². The summed E-state index contributed by atoms with van der Waals surface area (Å²) < 4.78 is 26.4. The van der Waals surface area contributed by atoms with E-state index in [0.717, 1.165) is 22.9 Å². The van der Waals surface area contributed by atoms with Crippen LogP contribution >= 0.6 is 11.6 Å². The molecule has 0 fully saturated rings. The summed E-state index contributed by atoms with van der Waals surface area (Å²) in [7, 11) is -3.59. The Morgan fingerprint density at radius 1 is 0.902 bits per heavy atom. The van der Waals surface area contributed by atoms with Crippen LogP contribution in [-0.4, -0.2) is 50.5 Å². The van der Waals surface area contributed by atoms with E-state index >= 15 is 0 Å². The van der Waals surface area contributed by atoms with Crippen LogP contribution in [0.15, 0.2) is 78.9 Å². The molecule has 1 N–H and O–H groups in total. The molecule has 7 nitrogen and oxygen atoms in total. The third kappa shape index (κ3) is 10.2. The van der Waals surface area contributed by atoms with Crippen molar-refractivity contribution in [3.8, 4) is 0 Å². The summed E-state index contributed by atoms with van der Waals surface area (Å²) in [5.74, 6) is -0.162. The summed E-state index contributed by atoms with van der Waals surface area (Å²) in [6, 6.07) is 23.4. The highest BCUT2D eigenvalue weighted by atomic mass is 35.5. The molecule has 0 bridgehead atoms. The van der Waals surface area contributed by atoms with Crippen molar-refractivity contribution in [1.29, 1.82) is 0 Å². The average molecular weight is 598 g/mol. The number of sulfonamides is 1. The molecule has 9 heteroatoms. The van der Waals surface area contributed by atoms with E-state index in [-0.39, 0.29) is 43.7 Å². The lowest BCUT2D eigenvalue weighted by atomic mass is 10.0. The molecule has 3 rings (SSSR count). The minimum absolute atomic E-state index is 0.0776. The molecule has 0 saturated heterocycles. The van der Waals surface area contributed by atoms with Gasteiger partial charge in [0.25, 0.3) is 0 Å². The Balaban J connectivity index is 1.87. The largest absolute Gasteiger partial charge is 0.354 e. The fraction of sp³-hybridized carbons (Fsp3) is 0.375. The molecule has 0 spiro atoms. The third-order valence-corrected chi connectivity index (χ3v) is 8.14. The minimum Gasteiger partial charge on any atom is -0.354 e. The summed E-state index contributed by atoms with van der Waals surface area (Å²) in [6.45, 7) is 6.93. The summed E-state index contributed by atoms with van der Waals surface area (Å²) >= 11 is 5.99. The second-order valence-electron chi connectivity index (χ2n) is 10.8. The maximum Gasteiger partial charge on any atom is 0.243 e. The van der Waals surface area contributed by atoms with Crippen LogP contribution in [0.2, 0.25) is 5.02 Å². The lowest BCUT2D eigenvalue weighted by Gasteiger charge is -2.32. The highest BCUT2D eigenvalue weighted by Crippen LogP contribution is 2.22. The topological polar surface area (TPSA) is 86.8 Å². The van der Waals surface area contributed by atoms with Crippen molar-refractivity contribution in [3.05, 3.63) is 101 Å². The number of hydrogen-bond donors (Lipinski definition) is 1. The second kappa shape index (κ2) is 15.0. The summed E-state index contributed by atoms with van der Waals surface area (Å²) in [5.41, 5.74) is 3.45. The van der Waals surface area contributed by atoms with Gasteiger partial charge in [0.15, 0.2) is 0 Å². The zero-order valence-corrected chi connectivity index (χ0v) is 25.8. The van der Waals surface area contributed by atoms with Crippen LogP contribution in [0.1, 0.15) is 43.4 Å². The first-order chi connectivity index (χ1) is 19.4. The van der Waals surface area contributed by atoms with E-state index in [1.165, 1.54) is 4.31 Å². The number of nitrogens with one attached hydrogen (secondary N) is 1. The van der Waals surface area contributed by atoms with Crippen molar-refractivity contribution in [2.45, 2.75) is 52.6 Å². The van der Waals surface area contributed by atoms with Crippen molar-refractivity contribution < 1.29 is 18.0 Å². The fourth-order valence-electron chi connectivity index (χ4n) is 4.48. The van der Waals surface area contributed by atoms with Gasteiger partial charge >= 0.3 is 0 Å². The smallest absolute Gasteiger partial charge is 0.243 e. The Hall–Kier alpha value is -3.36. The number of nitrogens with zero attached hydrogens (tertiary/aromatic N) is 2. The number of benzene rings is 3. The number of aryl methyl sites for hydroxylation is 1. The van der Waals surface area contributed by atoms with Crippen molar-refractivity contribution >= 4 is 39.1 Å². The first-order valence-corrected chi connectivity index (χ1v) is 16.1. The molecule has 1 unspecified atom stereocenters. The first-order valence-electron chi connectivity index (χ1n) is 13.8. The average Bonchev–Trinajstić information content (AvgIpc) is 2.93. The Morgan fingerprint density at radius 3 is 2.12 bits per heavy atom. The number of carbonyl (C=O) groups excluding carboxylic acids is 2. The van der Waals surface area contributed by atoms with Gasteiger partial charge in [-0.05, 0) is 54.7 Å². The Bertz CT molecular complexity index is 1380. The van der Waals surface area contributed by atoms with Crippen LogP contribution in [0, 0.1) is 12.8 Å². The van der Waals surface area contributed by atoms with Gasteiger partial charge in [-0.25, -0.2) is 8.42 Å². The Labute approximate surface area is 249 Å². The van der Waals surface area contributed by atoms with Crippen LogP contribution in [0.4, 0.5) is 5.69 Å². The molecule has 0 aliphatic rings. The van der Waals surface area contributed by atoms with Gasteiger partial charge < -0.3 is 10.2 Å². The summed E-state index contributed by atoms with van der Waals surface area (Å²) in [6.07, 6.45) is 1.86. The molecule has 0 saturated carbocycles. The zero-order chi connectivity index (χ0) is 30.0. The van der Waals surface area contributed by atoms with Gasteiger partial charge in [0.1, 0.15) is 6.04 Å². The van der Waals surface area contributed by atoms with Gasteiger partial charge in [-0.15, -0.1) is 0 Å². The van der Waals surface area contributed by atoms with Crippen molar-refractivity contribution in [2.24, 2.45) is 5.92 Å². The lowest BCUT2D eigenvalue weighted by Crippen LogP contribution is -2.51. The van der Waals surface area contributed by atoms with Gasteiger partial charge in [0.2, 0.25) is 21.8 Å². The first kappa shape index (κ1) is 32.2. The molecule has 41 heavy (non-hydrogen) atoms. The molecule has 3 aromatic carbocycles. The Kier molecular flexibility index (Phi) is 11.8. The van der Waals surface area contributed by atoms with E-state index in [9.17, 15) is 18.0 Å². The maximum atomic E-state index is 13.9. The monoisotopic (exact) mass is 597 g/mol. The Morgan fingerprint density at radius 2 is 1.54 bits per heavy atom. The lowest BCUT2D eigenvalue weighted by molar-refractivity contribution is -0.141. The van der Waals surface area contributed by atoms with Crippen LogP contribution in [0.25, 0.3) is 0 Å². The predicted molar refractivity (Wildman–Crippen MR) is 166 cm³/mol. The number of halogens is 1. The van der Waals surface area contributed by atoms with Gasteiger partial charge in [-0.3, -0.25) is 13.9 Å². The van der Waals surface area contributed by atoms with Gasteiger partial charge in [-0.2, -0.15) is 0 Å². The number of anilines is 1. The third-order valence-electron chi connectivity index (χ3n) is 6.70. The summed E-state index contributed by atoms with van der Waals surface area (Å²) in [5, 5.41) is 3.53. The molecule has 2 amide bonds. The molecule has 0 aromatic heterocycles. The van der Waals surface area contributed by atoms with E-state index in [2.05, 4.69) is 5.32 Å². The molecule has 0 aliphatic heterocycles. The molecule has 0 heterocycles. The number of carbonyl (C=O) groups is 2. The predicted octanol–water partition coefficient (Wildman–Crippen LogP) is 5.61. The van der Waals surface area contributed by atoms with Gasteiger partial charge in [0, 0.05) is 37.5 Å². The van der Waals surface area contributed by atoms with Crippen molar-refractivity contribution in [3.63, 3.8) is 0 Å². The second-order valence-corrected chi connectivity index (χ2v) is 13.1. The molecular weight excluding hydrogens is 558 g/mol. The van der Waals surface area contributed by atoms with Gasteiger partial charge in [0.05, 0.1) is 11.9 Å². The van der Waals surface area contributed by atoms with Crippen LogP contribution in [0.5, 0.6) is 0 Å². The van der Waals surface area contributed by atoms with Crippen LogP contribution in [0.3, 0.4) is 0 Å². The fourth-order valence-corrected chi connectivity index (χ4v) is 5.57. The van der Waals surface area contributed by atoms with Crippen LogP contribution < -0.4 is 9.62 Å². The SMILES string of the molecule is Cc1ccc(CN(C(=O)CCCN(c2ccc(Cl)cc2)S(C)(=O)=O)C(Cc2ccccc2)C(=O)NCC(C)C)cc1. The van der Waals surface area contributed by atoms with Crippen molar-refractivity contribution in [1.82, 2.24) is 10.2 Å². The van der Waals surface area contributed by atoms with E-state index in [4.69, 9.17) is 11.6 Å². The quantitative estimate of drug-likeness (QED) is 0.262. The minimum atomic E-state index is -3.59. The van der Waals surface area contributed by atoms with Crippen molar-refractivity contribution in [2.75, 3.05) is 23.7 Å². The number of amides is 2. The number of hydrogen-bond acceptors (Lipinski definition) is 4. The molecule has 220 valence electrons. The number of rotatable bonds is 14.